The average Bonchev–Trinajstić information content (AvgIpc) is 3.52. The topological polar surface area (TPSA) is 154 Å². The highest BCUT2D eigenvalue weighted by molar-refractivity contribution is 7.07. The van der Waals surface area contributed by atoms with E-state index in [2.05, 4.69) is 4.99 Å². The number of aryl methyl sites for hydroxylation is 1. The quantitative estimate of drug-likeness (QED) is 0.223. The second-order valence-electron chi connectivity index (χ2n) is 11.4. The second-order valence-corrected chi connectivity index (χ2v) is 12.4. The molecule has 0 spiro atoms. The number of carbonyl (C=O) groups excluding carboxylic acids is 3. The van der Waals surface area contributed by atoms with Gasteiger partial charge in [0.15, 0.2) is 16.3 Å². The lowest BCUT2D eigenvalue weighted by molar-refractivity contribution is -0.139. The number of methoxy groups -OCH3 is 1. The summed E-state index contributed by atoms with van der Waals surface area (Å²) < 4.78 is 17.8. The van der Waals surface area contributed by atoms with Crippen LogP contribution < -0.4 is 29.3 Å². The van der Waals surface area contributed by atoms with Crippen molar-refractivity contribution >= 4 is 46.4 Å². The minimum atomic E-state index is -0.958. The molecule has 13 heteroatoms. The molecule has 3 aromatic carbocycles. The fourth-order valence-corrected chi connectivity index (χ4v) is 6.92. The van der Waals surface area contributed by atoms with Crippen LogP contribution in [0.25, 0.3) is 5.57 Å². The third-order valence-electron chi connectivity index (χ3n) is 7.86. The van der Waals surface area contributed by atoms with E-state index in [1.165, 1.54) is 18.6 Å². The van der Waals surface area contributed by atoms with E-state index in [0.29, 0.717) is 33.9 Å². The van der Waals surface area contributed by atoms with Gasteiger partial charge in [0.1, 0.15) is 4.53 Å². The highest BCUT2D eigenvalue weighted by Gasteiger charge is 2.37. The van der Waals surface area contributed by atoms with Gasteiger partial charge in [0.25, 0.3) is 17.4 Å². The van der Waals surface area contributed by atoms with Gasteiger partial charge in [0.05, 0.1) is 48.8 Å². The molecule has 50 heavy (non-hydrogen) atoms. The number of hydrogen-bond acceptors (Lipinski definition) is 10. The van der Waals surface area contributed by atoms with Crippen LogP contribution in [0, 0.1) is 6.92 Å². The number of fused-ring (bicyclic) bond motifs is 2. The van der Waals surface area contributed by atoms with Crippen molar-refractivity contribution in [3.8, 4) is 11.5 Å². The number of amides is 1. The average molecular weight is 698 g/mol. The van der Waals surface area contributed by atoms with Gasteiger partial charge in [-0.05, 0) is 50.1 Å². The van der Waals surface area contributed by atoms with Crippen molar-refractivity contribution in [2.24, 2.45) is 4.99 Å². The van der Waals surface area contributed by atoms with Gasteiger partial charge < -0.3 is 24.2 Å². The zero-order chi connectivity index (χ0) is 36.3. The van der Waals surface area contributed by atoms with Crippen molar-refractivity contribution in [3.05, 3.63) is 120 Å². The summed E-state index contributed by atoms with van der Waals surface area (Å²) in [6, 6.07) is 19.2. The number of carbonyl (C=O) groups is 4. The highest BCUT2D eigenvalue weighted by atomic mass is 32.1. The Balaban J connectivity index is 0.00000115. The third kappa shape index (κ3) is 6.99. The van der Waals surface area contributed by atoms with Gasteiger partial charge in [-0.3, -0.25) is 23.7 Å². The van der Waals surface area contributed by atoms with E-state index < -0.39 is 29.5 Å². The smallest absolute Gasteiger partial charge is 0.338 e. The Bertz CT molecular complexity index is 2230. The van der Waals surface area contributed by atoms with Crippen molar-refractivity contribution in [1.82, 2.24) is 4.57 Å². The highest BCUT2D eigenvalue weighted by Crippen LogP contribution is 2.38. The van der Waals surface area contributed by atoms with Crippen LogP contribution in [0.1, 0.15) is 56.0 Å². The van der Waals surface area contributed by atoms with Crippen molar-refractivity contribution in [1.29, 1.82) is 0 Å². The van der Waals surface area contributed by atoms with Crippen LogP contribution in [-0.4, -0.2) is 47.2 Å². The molecule has 3 heterocycles. The fraction of sp³-hybridized carbons (Fsp3) is 0.243. The van der Waals surface area contributed by atoms with E-state index in [9.17, 15) is 19.2 Å². The second kappa shape index (κ2) is 14.7. The lowest BCUT2D eigenvalue weighted by atomic mass is 9.95. The number of anilines is 1. The number of aliphatic carboxylic acids is 1. The minimum absolute atomic E-state index is 0.119. The van der Waals surface area contributed by atoms with E-state index in [-0.39, 0.29) is 39.7 Å². The fourth-order valence-electron chi connectivity index (χ4n) is 5.78. The van der Waals surface area contributed by atoms with Crippen LogP contribution in [-0.2, 0) is 30.5 Å². The molecule has 0 fully saturated rings. The van der Waals surface area contributed by atoms with E-state index in [1.807, 2.05) is 55.5 Å². The predicted octanol–water partition coefficient (Wildman–Crippen LogP) is 4.05. The monoisotopic (exact) mass is 697 g/mol. The normalized spacial score (nSPS) is 15.7. The first-order chi connectivity index (χ1) is 23.9. The van der Waals surface area contributed by atoms with Gasteiger partial charge >= 0.3 is 11.9 Å². The molecule has 0 saturated heterocycles. The molecule has 1 unspecified atom stereocenters. The van der Waals surface area contributed by atoms with Crippen molar-refractivity contribution < 1.29 is 38.5 Å². The number of benzene rings is 3. The molecule has 0 saturated carbocycles. The number of esters is 2. The zero-order valence-corrected chi connectivity index (χ0v) is 29.1. The molecule has 12 nitrogen and oxygen atoms in total. The summed E-state index contributed by atoms with van der Waals surface area (Å²) in [5.41, 5.74) is 4.29. The number of nitrogens with zero attached hydrogens (tertiary/aromatic N) is 3. The minimum Gasteiger partial charge on any atom is -0.493 e. The van der Waals surface area contributed by atoms with Crippen LogP contribution in [0.5, 0.6) is 11.5 Å². The summed E-state index contributed by atoms with van der Waals surface area (Å²) in [6.07, 6.45) is 0. The summed E-state index contributed by atoms with van der Waals surface area (Å²) in [5.74, 6) is -1.85. The van der Waals surface area contributed by atoms with Gasteiger partial charge in [-0.25, -0.2) is 9.79 Å². The molecule has 2 aliphatic rings. The number of thiazole rings is 1. The standard InChI is InChI=1S/C35H31N3O7S.C2H4O2/c1-6-44-34(42)28-20(3)36-35-38(30(28)23-15-16-26(45-21(4)39)27(17-23)43-5)33(41)31(46-35)29-24-9-7-8-10-25(24)37(32(29)40)18-22-13-11-19(2)12-14-22;1-2(3)4/h7-17,30H,6,18H2,1-5H3;1H3,(H,3,4). The number of allylic oxidation sites excluding steroid dienone is 1. The maximum absolute atomic E-state index is 14.5. The molecule has 4 aromatic rings. The molecular weight excluding hydrogens is 662 g/mol. The summed E-state index contributed by atoms with van der Waals surface area (Å²) in [6.45, 7) is 8.20. The lowest BCUT2D eigenvalue weighted by Gasteiger charge is -2.25. The molecule has 1 N–H and O–H groups in total. The molecule has 1 aromatic heterocycles. The van der Waals surface area contributed by atoms with Gasteiger partial charge in [-0.15, -0.1) is 0 Å². The molecule has 0 radical (unpaired) electrons. The first-order valence-corrected chi connectivity index (χ1v) is 16.4. The lowest BCUT2D eigenvalue weighted by Crippen LogP contribution is -2.41. The van der Waals surface area contributed by atoms with Gasteiger partial charge in [0.2, 0.25) is 0 Å². The Morgan fingerprint density at radius 1 is 0.960 bits per heavy atom. The largest absolute Gasteiger partial charge is 0.493 e. The molecular formula is C37H35N3O9S. The van der Waals surface area contributed by atoms with Crippen LogP contribution in [0.2, 0.25) is 0 Å². The molecule has 1 amide bonds. The number of aromatic nitrogens is 1. The van der Waals surface area contributed by atoms with E-state index >= 15 is 0 Å². The van der Waals surface area contributed by atoms with Crippen molar-refractivity contribution in [2.75, 3.05) is 18.6 Å². The number of hydrogen-bond donors (Lipinski definition) is 1. The summed E-state index contributed by atoms with van der Waals surface area (Å²) >= 11 is 1.10. The van der Waals surface area contributed by atoms with Crippen LogP contribution >= 0.6 is 11.3 Å². The summed E-state index contributed by atoms with van der Waals surface area (Å²) in [7, 11) is 1.43. The summed E-state index contributed by atoms with van der Waals surface area (Å²) in [4.78, 5) is 69.4. The van der Waals surface area contributed by atoms with Crippen molar-refractivity contribution in [2.45, 2.75) is 47.2 Å². The van der Waals surface area contributed by atoms with Crippen LogP contribution in [0.3, 0.4) is 0 Å². The maximum atomic E-state index is 14.5. The SMILES string of the molecule is CC(=O)O.CCOC(=O)C1=C(C)N=c2sc(=C3C(=O)N(Cc4ccc(C)cc4)c4ccccc43)c(=O)n2C1c1ccc(OC(C)=O)c(OC)c1. The predicted molar refractivity (Wildman–Crippen MR) is 186 cm³/mol. The van der Waals surface area contributed by atoms with Crippen LogP contribution in [0.15, 0.2) is 87.8 Å². The molecule has 6 rings (SSSR count). The molecule has 258 valence electrons. The van der Waals surface area contributed by atoms with Crippen LogP contribution in [0.4, 0.5) is 5.69 Å². The molecule has 0 bridgehead atoms. The number of ether oxygens (including phenoxy) is 3. The number of carboxylic acids is 1. The Labute approximate surface area is 291 Å². The Hall–Kier alpha value is -5.82. The zero-order valence-electron chi connectivity index (χ0n) is 28.3. The van der Waals surface area contributed by atoms with E-state index in [4.69, 9.17) is 24.1 Å². The summed E-state index contributed by atoms with van der Waals surface area (Å²) in [5, 5.41) is 7.42. The van der Waals surface area contributed by atoms with Gasteiger partial charge in [-0.2, -0.15) is 0 Å². The Morgan fingerprint density at radius 2 is 1.64 bits per heavy atom. The first-order valence-electron chi connectivity index (χ1n) is 15.6. The Kier molecular flexibility index (Phi) is 10.5. The van der Waals surface area contributed by atoms with E-state index in [0.717, 1.165) is 29.4 Å². The number of carboxylic acid groups (broad SMARTS) is 1. The van der Waals surface area contributed by atoms with E-state index in [1.54, 1.807) is 36.9 Å². The first kappa shape index (κ1) is 35.5. The maximum Gasteiger partial charge on any atom is 0.338 e. The Morgan fingerprint density at radius 3 is 2.28 bits per heavy atom. The number of para-hydroxylation sites is 1. The molecule has 2 aliphatic heterocycles. The third-order valence-corrected chi connectivity index (χ3v) is 8.91. The molecule has 0 aliphatic carbocycles. The number of rotatable bonds is 7. The van der Waals surface area contributed by atoms with Crippen molar-refractivity contribution in [3.63, 3.8) is 0 Å². The van der Waals surface area contributed by atoms with Gasteiger partial charge in [-0.1, -0.05) is 65.4 Å². The molecule has 1 atom stereocenters. The van der Waals surface area contributed by atoms with Gasteiger partial charge in [0, 0.05) is 19.4 Å².